The average Bonchev–Trinajstić information content (AvgIpc) is 3.55. The minimum absolute atomic E-state index is 0.132. The fourth-order valence-electron chi connectivity index (χ4n) is 3.33. The predicted molar refractivity (Wildman–Crippen MR) is 126 cm³/mol. The maximum absolute atomic E-state index is 13.0. The van der Waals surface area contributed by atoms with E-state index >= 15 is 0 Å². The number of benzene rings is 2. The van der Waals surface area contributed by atoms with Gasteiger partial charge in [-0.25, -0.2) is 4.79 Å². The molecule has 0 fully saturated rings. The van der Waals surface area contributed by atoms with Gasteiger partial charge in [-0.3, -0.25) is 19.1 Å². The lowest BCUT2D eigenvalue weighted by Gasteiger charge is -2.09. The molecule has 5 aromatic rings. The van der Waals surface area contributed by atoms with Gasteiger partial charge in [0, 0.05) is 16.0 Å². The summed E-state index contributed by atoms with van der Waals surface area (Å²) in [5.41, 5.74) is 2.21. The fourth-order valence-corrected chi connectivity index (χ4v) is 4.12. The fraction of sp³-hybridized carbons (Fsp3) is 0. The molecule has 2 amide bonds. The zero-order chi connectivity index (χ0) is 22.9. The van der Waals surface area contributed by atoms with Crippen LogP contribution < -0.4 is 16.4 Å². The number of nitrogens with zero attached hydrogens (tertiary/aromatic N) is 1. The van der Waals surface area contributed by atoms with E-state index in [0.29, 0.717) is 32.4 Å². The lowest BCUT2D eigenvalue weighted by atomic mass is 10.1. The van der Waals surface area contributed by atoms with Gasteiger partial charge >= 0.3 is 5.76 Å². The van der Waals surface area contributed by atoms with Crippen molar-refractivity contribution in [3.8, 4) is 11.4 Å². The lowest BCUT2D eigenvalue weighted by molar-refractivity contribution is 0.101. The number of aromatic amines is 2. The second-order valence-electron chi connectivity index (χ2n) is 6.97. The third-order valence-corrected chi connectivity index (χ3v) is 5.92. The van der Waals surface area contributed by atoms with Crippen LogP contribution in [0.15, 0.2) is 69.3 Å². The van der Waals surface area contributed by atoms with Crippen molar-refractivity contribution >= 4 is 57.0 Å². The summed E-state index contributed by atoms with van der Waals surface area (Å²) >= 11 is 7.41. The van der Waals surface area contributed by atoms with Crippen molar-refractivity contribution in [2.75, 3.05) is 10.6 Å². The molecular weight excluding hydrogens is 466 g/mol. The van der Waals surface area contributed by atoms with Crippen molar-refractivity contribution in [1.82, 2.24) is 15.1 Å². The van der Waals surface area contributed by atoms with E-state index in [0.717, 1.165) is 5.39 Å². The van der Waals surface area contributed by atoms with E-state index in [1.165, 1.54) is 11.3 Å². The predicted octanol–water partition coefficient (Wildman–Crippen LogP) is 4.73. The first-order valence-corrected chi connectivity index (χ1v) is 10.9. The highest BCUT2D eigenvalue weighted by atomic mass is 35.5. The van der Waals surface area contributed by atoms with Crippen LogP contribution in [0.5, 0.6) is 0 Å². The molecule has 4 N–H and O–H groups in total. The Morgan fingerprint density at radius 2 is 1.82 bits per heavy atom. The molecule has 0 spiro atoms. The van der Waals surface area contributed by atoms with Gasteiger partial charge in [-0.05, 0) is 41.8 Å². The third-order valence-electron chi connectivity index (χ3n) is 4.82. The summed E-state index contributed by atoms with van der Waals surface area (Å²) in [6, 6.07) is 15.3. The maximum Gasteiger partial charge on any atom is 0.439 e. The van der Waals surface area contributed by atoms with Crippen LogP contribution in [0.25, 0.3) is 22.3 Å². The van der Waals surface area contributed by atoms with Crippen LogP contribution in [0.1, 0.15) is 20.2 Å². The molecule has 164 valence electrons. The molecule has 11 heteroatoms. The average molecular weight is 480 g/mol. The molecule has 5 rings (SSSR count). The normalized spacial score (nSPS) is 10.9. The molecular formula is C22H14ClN5O4S. The number of anilines is 2. The summed E-state index contributed by atoms with van der Waals surface area (Å²) in [4.78, 5) is 42.9. The molecule has 0 bridgehead atoms. The van der Waals surface area contributed by atoms with Gasteiger partial charge in [0.1, 0.15) is 5.69 Å². The van der Waals surface area contributed by atoms with Gasteiger partial charge in [0.05, 0.1) is 21.8 Å². The number of rotatable bonds is 5. The summed E-state index contributed by atoms with van der Waals surface area (Å²) < 4.78 is 4.56. The van der Waals surface area contributed by atoms with Gasteiger partial charge in [-0.15, -0.1) is 11.3 Å². The van der Waals surface area contributed by atoms with Gasteiger partial charge in [0.2, 0.25) is 0 Å². The van der Waals surface area contributed by atoms with Gasteiger partial charge in [-0.1, -0.05) is 35.0 Å². The highest BCUT2D eigenvalue weighted by Crippen LogP contribution is 2.29. The first kappa shape index (κ1) is 20.7. The Morgan fingerprint density at radius 1 is 0.970 bits per heavy atom. The van der Waals surface area contributed by atoms with Gasteiger partial charge in [0.15, 0.2) is 5.82 Å². The number of carbonyl (C=O) groups excluding carboxylic acids is 2. The smallest absolute Gasteiger partial charge is 0.349 e. The number of halogens is 1. The zero-order valence-corrected chi connectivity index (χ0v) is 18.2. The number of amides is 2. The molecule has 3 heterocycles. The summed E-state index contributed by atoms with van der Waals surface area (Å²) in [5.74, 6) is -1.26. The standard InChI is InChI=1S/C22H14ClN5O4S/c23-12-6-7-14(13(10-12)19-27-22(31)32-28-19)25-20(29)16-9-11-3-1-4-15(18(11)24-16)26-21(30)17-5-2-8-33-17/h1-10,24H,(H,25,29)(H,26,30)(H,27,28,31). The molecule has 0 radical (unpaired) electrons. The lowest BCUT2D eigenvalue weighted by Crippen LogP contribution is -2.13. The minimum atomic E-state index is -0.727. The van der Waals surface area contributed by atoms with Gasteiger partial charge in [-0.2, -0.15) is 0 Å². The van der Waals surface area contributed by atoms with Crippen LogP contribution in [0.2, 0.25) is 5.02 Å². The van der Waals surface area contributed by atoms with E-state index in [1.54, 1.807) is 48.5 Å². The molecule has 2 aromatic carbocycles. The first-order valence-electron chi connectivity index (χ1n) is 9.62. The zero-order valence-electron chi connectivity index (χ0n) is 16.6. The van der Waals surface area contributed by atoms with E-state index in [-0.39, 0.29) is 17.4 Å². The Balaban J connectivity index is 1.44. The SMILES string of the molecule is O=C(Nc1ccc(Cl)cc1-c1noc(=O)[nH]1)c1cc2cccc(NC(=O)c3cccs3)c2[nH]1. The Morgan fingerprint density at radius 3 is 2.58 bits per heavy atom. The van der Waals surface area contributed by atoms with Crippen molar-refractivity contribution in [3.63, 3.8) is 0 Å². The number of nitrogens with one attached hydrogen (secondary N) is 4. The molecule has 0 atom stereocenters. The number of hydrogen-bond acceptors (Lipinski definition) is 6. The number of carbonyl (C=O) groups is 2. The molecule has 0 aliphatic carbocycles. The van der Waals surface area contributed by atoms with E-state index in [1.807, 2.05) is 11.4 Å². The quantitative estimate of drug-likeness (QED) is 0.289. The molecule has 33 heavy (non-hydrogen) atoms. The number of aromatic nitrogens is 3. The van der Waals surface area contributed by atoms with Crippen LogP contribution in [0.4, 0.5) is 11.4 Å². The molecule has 0 saturated heterocycles. The van der Waals surface area contributed by atoms with Crippen LogP contribution >= 0.6 is 22.9 Å². The Hall–Kier alpha value is -4.15. The van der Waals surface area contributed by atoms with E-state index in [9.17, 15) is 14.4 Å². The van der Waals surface area contributed by atoms with Crippen LogP contribution in [0, 0.1) is 0 Å². The maximum atomic E-state index is 13.0. The molecule has 9 nitrogen and oxygen atoms in total. The second-order valence-corrected chi connectivity index (χ2v) is 8.36. The van der Waals surface area contributed by atoms with E-state index in [2.05, 4.69) is 30.3 Å². The van der Waals surface area contributed by atoms with Gasteiger partial charge in [0.25, 0.3) is 11.8 Å². The van der Waals surface area contributed by atoms with Crippen LogP contribution in [-0.4, -0.2) is 26.9 Å². The van der Waals surface area contributed by atoms with Crippen LogP contribution in [-0.2, 0) is 0 Å². The van der Waals surface area contributed by atoms with Gasteiger partial charge < -0.3 is 15.6 Å². The topological polar surface area (TPSA) is 133 Å². The highest BCUT2D eigenvalue weighted by molar-refractivity contribution is 7.12. The molecule has 3 aromatic heterocycles. The Bertz CT molecular complexity index is 1550. The first-order chi connectivity index (χ1) is 16.0. The number of hydrogen-bond donors (Lipinski definition) is 4. The number of thiophene rings is 1. The second kappa shape index (κ2) is 8.41. The molecule has 0 unspecified atom stereocenters. The summed E-state index contributed by atoms with van der Waals surface area (Å²) in [6.07, 6.45) is 0. The Labute approximate surface area is 194 Å². The molecule has 0 aliphatic rings. The van der Waals surface area contributed by atoms with E-state index in [4.69, 9.17) is 11.6 Å². The summed E-state index contributed by atoms with van der Waals surface area (Å²) in [6.45, 7) is 0. The third kappa shape index (κ3) is 4.16. The van der Waals surface area contributed by atoms with Crippen molar-refractivity contribution in [2.24, 2.45) is 0 Å². The minimum Gasteiger partial charge on any atom is -0.349 e. The highest BCUT2D eigenvalue weighted by Gasteiger charge is 2.17. The van der Waals surface area contributed by atoms with E-state index < -0.39 is 11.7 Å². The summed E-state index contributed by atoms with van der Waals surface area (Å²) in [5, 5.41) is 12.3. The number of fused-ring (bicyclic) bond motifs is 1. The largest absolute Gasteiger partial charge is 0.439 e. The van der Waals surface area contributed by atoms with Crippen LogP contribution in [0.3, 0.4) is 0 Å². The van der Waals surface area contributed by atoms with Crippen molar-refractivity contribution < 1.29 is 14.1 Å². The van der Waals surface area contributed by atoms with Crippen molar-refractivity contribution in [3.05, 3.63) is 86.1 Å². The number of H-pyrrole nitrogens is 2. The monoisotopic (exact) mass is 479 g/mol. The van der Waals surface area contributed by atoms with Crippen molar-refractivity contribution in [1.29, 1.82) is 0 Å². The Kier molecular flexibility index (Phi) is 5.29. The summed E-state index contributed by atoms with van der Waals surface area (Å²) in [7, 11) is 0. The molecule has 0 aliphatic heterocycles. The molecule has 0 saturated carbocycles. The van der Waals surface area contributed by atoms with Crippen molar-refractivity contribution in [2.45, 2.75) is 0 Å². The number of para-hydroxylation sites is 1.